The zero-order valence-corrected chi connectivity index (χ0v) is 69.7. The highest BCUT2D eigenvalue weighted by Gasteiger charge is 2.62. The summed E-state index contributed by atoms with van der Waals surface area (Å²) in [6.07, 6.45) is 75.0. The summed E-state index contributed by atoms with van der Waals surface area (Å²) in [6, 6.07) is 14.8. The van der Waals surface area contributed by atoms with Gasteiger partial charge in [0, 0.05) is 50.9 Å². The van der Waals surface area contributed by atoms with Crippen LogP contribution >= 0.6 is 45.3 Å². The van der Waals surface area contributed by atoms with Crippen molar-refractivity contribution in [1.29, 1.82) is 0 Å². The molecule has 0 radical (unpaired) electrons. The summed E-state index contributed by atoms with van der Waals surface area (Å²) >= 11 is 8.10. The van der Waals surface area contributed by atoms with Crippen molar-refractivity contribution in [3.63, 3.8) is 0 Å². The van der Waals surface area contributed by atoms with Gasteiger partial charge in [0.1, 0.15) is 11.6 Å². The van der Waals surface area contributed by atoms with Gasteiger partial charge < -0.3 is 0 Å². The number of aryl methyl sites for hydroxylation is 4. The third kappa shape index (κ3) is 26.8. The van der Waals surface area contributed by atoms with Crippen LogP contribution in [0.1, 0.15) is 431 Å². The lowest BCUT2D eigenvalue weighted by Crippen LogP contribution is -2.49. The largest absolute Gasteiger partial charge is 0.299 e. The minimum Gasteiger partial charge on any atom is -0.299 e. The second kappa shape index (κ2) is 48.4. The van der Waals surface area contributed by atoms with E-state index in [0.717, 1.165) is 12.8 Å². The summed E-state index contributed by atoms with van der Waals surface area (Å²) in [4.78, 5) is 43.6. The highest BCUT2D eigenvalue weighted by Crippen LogP contribution is 2.66. The topological polar surface area (TPSA) is 34.1 Å². The molecule has 0 aromatic carbocycles. The summed E-state index contributed by atoms with van der Waals surface area (Å²) in [5.41, 5.74) is 3.18. The van der Waals surface area contributed by atoms with E-state index in [1.165, 1.54) is 376 Å². The number of thiophene rings is 4. The molecule has 12 atom stereocenters. The first kappa shape index (κ1) is 83.8. The van der Waals surface area contributed by atoms with Gasteiger partial charge in [0.15, 0.2) is 0 Å². The van der Waals surface area contributed by atoms with E-state index in [9.17, 15) is 0 Å². The predicted molar refractivity (Wildman–Crippen MR) is 446 cm³/mol. The van der Waals surface area contributed by atoms with Crippen LogP contribution in [0.15, 0.2) is 36.4 Å². The average Bonchev–Trinajstić information content (AvgIpc) is 1.54. The lowest BCUT2D eigenvalue weighted by molar-refractivity contribution is -0.135. The fraction of sp³-hybridized carbons (Fsp3) is 0.809. The Kier molecular flexibility index (Phi) is 40.6. The van der Waals surface area contributed by atoms with E-state index in [0.29, 0.717) is 58.9 Å². The van der Waals surface area contributed by atoms with Gasteiger partial charge in [-0.15, -0.1) is 45.3 Å². The summed E-state index contributed by atoms with van der Waals surface area (Å²) in [6.45, 7) is 18.7. The van der Waals surface area contributed by atoms with Crippen molar-refractivity contribution in [1.82, 2.24) is 0 Å². The Balaban J connectivity index is 1.08. The Hall–Kier alpha value is -1.86. The van der Waals surface area contributed by atoms with E-state index in [4.69, 9.17) is 0 Å². The van der Waals surface area contributed by atoms with Gasteiger partial charge in [-0.2, -0.15) is 0 Å². The molecule has 100 heavy (non-hydrogen) atoms. The predicted octanol–water partition coefficient (Wildman–Crippen LogP) is 32.4. The molecule has 4 saturated carbocycles. The van der Waals surface area contributed by atoms with Gasteiger partial charge in [0.2, 0.25) is 0 Å². The number of rotatable bonds is 58. The minimum atomic E-state index is 0.000351. The van der Waals surface area contributed by atoms with Crippen molar-refractivity contribution in [2.24, 2.45) is 59.2 Å². The molecule has 4 aromatic rings. The summed E-state index contributed by atoms with van der Waals surface area (Å²) in [5, 5.41) is 0. The number of carbonyl (C=O) groups is 2. The van der Waals surface area contributed by atoms with Crippen molar-refractivity contribution in [3.8, 4) is 19.5 Å². The molecule has 4 aliphatic carbocycles. The Morgan fingerprint density at radius 2 is 0.650 bits per heavy atom. The highest BCUT2D eigenvalue weighted by atomic mass is 32.1. The lowest BCUT2D eigenvalue weighted by atomic mass is 9.50. The molecule has 6 heteroatoms. The Morgan fingerprint density at radius 3 is 1.03 bits per heavy atom. The molecule has 2 nitrogen and oxygen atoms in total. The van der Waals surface area contributed by atoms with Gasteiger partial charge >= 0.3 is 0 Å². The molecule has 4 aromatic heterocycles. The molecule has 4 heterocycles. The quantitative estimate of drug-likeness (QED) is 0.0413. The van der Waals surface area contributed by atoms with Crippen LogP contribution in [0.25, 0.3) is 19.5 Å². The van der Waals surface area contributed by atoms with Crippen LogP contribution in [0.3, 0.4) is 0 Å². The highest BCUT2D eigenvalue weighted by molar-refractivity contribution is 7.26. The fourth-order valence-electron chi connectivity index (χ4n) is 20.6. The second-order valence-electron chi connectivity index (χ2n) is 34.2. The van der Waals surface area contributed by atoms with E-state index < -0.39 is 0 Å². The summed E-state index contributed by atoms with van der Waals surface area (Å²) in [7, 11) is 0. The molecule has 8 rings (SSSR count). The van der Waals surface area contributed by atoms with Crippen LogP contribution in [-0.4, -0.2) is 11.6 Å². The zero-order chi connectivity index (χ0) is 70.5. The SMILES string of the molecule is CCCCCCCCCCCCc1cc(C)sc1-c1sc(-c2ccc(C3CC4C5CC(CC(CCCCCC)CCCCCCCCCC)C6C(=O)C(c7ccc(C)s7)CC6C5CC(CC(CCCCCC)CCCCCCCCCC)C4C3=O)s2)cc1CCCCCCCCCCCC. The molecule has 0 N–H and O–H groups in total. The van der Waals surface area contributed by atoms with Crippen LogP contribution in [0.2, 0.25) is 0 Å². The van der Waals surface area contributed by atoms with Gasteiger partial charge in [-0.05, 0) is 173 Å². The number of hydrogen-bond donors (Lipinski definition) is 0. The van der Waals surface area contributed by atoms with Crippen LogP contribution < -0.4 is 0 Å². The van der Waals surface area contributed by atoms with Crippen LogP contribution in [0.4, 0.5) is 0 Å². The van der Waals surface area contributed by atoms with Crippen molar-refractivity contribution in [2.45, 2.75) is 427 Å². The maximum absolute atomic E-state index is 16.4. The number of carbonyl (C=O) groups excluding carboxylic acids is 2. The van der Waals surface area contributed by atoms with Crippen LogP contribution in [-0.2, 0) is 22.4 Å². The summed E-state index contributed by atoms with van der Waals surface area (Å²) < 4.78 is 0. The molecule has 12 unspecified atom stereocenters. The second-order valence-corrected chi connectivity index (χ2v) is 38.9. The Morgan fingerprint density at radius 1 is 0.320 bits per heavy atom. The van der Waals surface area contributed by atoms with Gasteiger partial charge in [0.25, 0.3) is 0 Å². The number of ketones is 2. The van der Waals surface area contributed by atoms with Gasteiger partial charge in [-0.1, -0.05) is 337 Å². The smallest absolute Gasteiger partial charge is 0.144 e. The molecule has 0 saturated heterocycles. The maximum Gasteiger partial charge on any atom is 0.144 e. The average molecular weight is 1440 g/mol. The first-order chi connectivity index (χ1) is 49.1. The van der Waals surface area contributed by atoms with Gasteiger partial charge in [-0.25, -0.2) is 0 Å². The first-order valence-corrected chi connectivity index (χ1v) is 47.8. The Bertz CT molecular complexity index is 2780. The molecule has 0 aliphatic heterocycles. The third-order valence-electron chi connectivity index (χ3n) is 26.1. The van der Waals surface area contributed by atoms with E-state index in [1.807, 2.05) is 22.7 Å². The van der Waals surface area contributed by atoms with E-state index >= 15 is 9.59 Å². The first-order valence-electron chi connectivity index (χ1n) is 44.6. The molecular formula is C94H154O2S4. The molecular weight excluding hydrogens is 1290 g/mol. The fourth-order valence-corrected chi connectivity index (χ4v) is 25.3. The third-order valence-corrected chi connectivity index (χ3v) is 31.0. The number of hydrogen-bond acceptors (Lipinski definition) is 6. The Labute approximate surface area is 634 Å². The monoisotopic (exact) mass is 1440 g/mol. The molecule has 4 aliphatic rings. The zero-order valence-electron chi connectivity index (χ0n) is 66.4. The number of unbranched alkanes of at least 4 members (excludes halogenated alkanes) is 38. The summed E-state index contributed by atoms with van der Waals surface area (Å²) in [5.74, 6) is 5.98. The molecule has 0 spiro atoms. The normalized spacial score (nSPS) is 22.7. The number of fused-ring (bicyclic) bond motifs is 5. The molecule has 0 amide bonds. The van der Waals surface area contributed by atoms with Crippen molar-refractivity contribution in [3.05, 3.63) is 67.0 Å². The minimum absolute atomic E-state index is 0.000351. The van der Waals surface area contributed by atoms with Gasteiger partial charge in [-0.3, -0.25) is 9.59 Å². The maximum atomic E-state index is 16.4. The van der Waals surface area contributed by atoms with E-state index in [-0.39, 0.29) is 23.7 Å². The van der Waals surface area contributed by atoms with Crippen LogP contribution in [0, 0.1) is 73.0 Å². The van der Waals surface area contributed by atoms with Crippen LogP contribution in [0.5, 0.6) is 0 Å². The molecule has 4 fully saturated rings. The molecule has 0 bridgehead atoms. The van der Waals surface area contributed by atoms with Crippen molar-refractivity contribution >= 4 is 56.9 Å². The van der Waals surface area contributed by atoms with E-state index in [1.54, 1.807) is 20.9 Å². The van der Waals surface area contributed by atoms with Gasteiger partial charge in [0.05, 0.1) is 11.8 Å². The standard InChI is InChI=1S/C94H154O2S4/c1-9-15-21-27-31-35-37-41-45-51-57-75-63-72(8)98-93(75)94-76(58-52-46-42-38-36-32-28-22-16-10-2)68-88(100-94)87-62-61-86(99-87)84-70-82-80-66-77(64-73(53-47-25-19-13-5)55-49-43-39-33-29-23-17-11-3)89-81(69-83(91(89)95)85-60-59-71(7)97-85)79(80)67-78(90(82)92(84)96)65-74(54-48-26-20-14-6)56-50-44-40-34-30-24-18-12-4/h59-63,68,73-74,77-84,89-90H,9-58,64-67,69-70H2,1-8H3. The lowest BCUT2D eigenvalue weighted by Gasteiger charge is -2.53. The molecule has 566 valence electrons. The number of Topliss-reactive ketones (excluding diaryl/α,β-unsaturated/α-hetero) is 2. The van der Waals surface area contributed by atoms with Crippen molar-refractivity contribution in [2.75, 3.05) is 0 Å². The van der Waals surface area contributed by atoms with E-state index in [2.05, 4.69) is 114 Å². The van der Waals surface area contributed by atoms with Crippen molar-refractivity contribution < 1.29 is 9.59 Å².